The van der Waals surface area contributed by atoms with Gasteiger partial charge in [-0.05, 0) is 38.5 Å². The van der Waals surface area contributed by atoms with Gasteiger partial charge in [-0.2, -0.15) is 0 Å². The fourth-order valence-electron chi connectivity index (χ4n) is 1.81. The number of hydrogen-bond acceptors (Lipinski definition) is 5. The zero-order valence-electron chi connectivity index (χ0n) is 13.2. The van der Waals surface area contributed by atoms with Crippen LogP contribution < -0.4 is 22.1 Å². The van der Waals surface area contributed by atoms with Crippen LogP contribution in [0.25, 0.3) is 5.57 Å². The fraction of sp³-hybridized carbons (Fsp3) is 0.312. The molecule has 0 bridgehead atoms. The zero-order valence-corrected chi connectivity index (χ0v) is 13.2. The molecule has 0 saturated carbocycles. The summed E-state index contributed by atoms with van der Waals surface area (Å²) in [6.45, 7) is 9.88. The van der Waals surface area contributed by atoms with E-state index in [0.717, 1.165) is 22.5 Å². The van der Waals surface area contributed by atoms with Crippen LogP contribution in [0.5, 0.6) is 0 Å². The molecule has 1 aromatic carbocycles. The molecule has 114 valence electrons. The molecule has 0 atom stereocenters. The van der Waals surface area contributed by atoms with Crippen LogP contribution in [0.3, 0.4) is 0 Å². The summed E-state index contributed by atoms with van der Waals surface area (Å²) in [6, 6.07) is 6.01. The maximum Gasteiger partial charge on any atom is 0.116 e. The van der Waals surface area contributed by atoms with E-state index in [1.54, 1.807) is 6.21 Å². The quantitative estimate of drug-likeness (QED) is 0.627. The van der Waals surface area contributed by atoms with Crippen molar-refractivity contribution < 1.29 is 0 Å². The molecule has 0 aliphatic heterocycles. The van der Waals surface area contributed by atoms with E-state index in [4.69, 9.17) is 11.5 Å². The van der Waals surface area contributed by atoms with Crippen LogP contribution in [-0.4, -0.2) is 18.8 Å². The van der Waals surface area contributed by atoms with Crippen molar-refractivity contribution in [1.29, 1.82) is 0 Å². The number of nitrogens with two attached hydrogens (primary N) is 2. The molecule has 6 N–H and O–H groups in total. The highest BCUT2D eigenvalue weighted by Crippen LogP contribution is 2.28. The molecule has 0 saturated heterocycles. The lowest BCUT2D eigenvalue weighted by Gasteiger charge is -2.24. The number of hydrogen-bond donors (Lipinski definition) is 4. The molecule has 0 amide bonds. The van der Waals surface area contributed by atoms with Gasteiger partial charge >= 0.3 is 0 Å². The van der Waals surface area contributed by atoms with E-state index in [2.05, 4.69) is 43.0 Å². The van der Waals surface area contributed by atoms with Gasteiger partial charge < -0.3 is 22.1 Å². The molecular formula is C16H25N5. The summed E-state index contributed by atoms with van der Waals surface area (Å²) < 4.78 is 0. The van der Waals surface area contributed by atoms with Gasteiger partial charge in [-0.3, -0.25) is 0 Å². The summed E-state index contributed by atoms with van der Waals surface area (Å²) in [4.78, 5) is 3.98. The van der Waals surface area contributed by atoms with Crippen LogP contribution >= 0.6 is 0 Å². The molecule has 0 heterocycles. The molecule has 0 aliphatic carbocycles. The van der Waals surface area contributed by atoms with Gasteiger partial charge in [0, 0.05) is 30.6 Å². The minimum atomic E-state index is -0.0155. The Morgan fingerprint density at radius 1 is 1.29 bits per heavy atom. The first-order valence-corrected chi connectivity index (χ1v) is 6.77. The van der Waals surface area contributed by atoms with E-state index in [9.17, 15) is 0 Å². The minimum Gasteiger partial charge on any atom is -0.404 e. The van der Waals surface area contributed by atoms with Crippen LogP contribution in [0.2, 0.25) is 0 Å². The van der Waals surface area contributed by atoms with E-state index in [1.165, 1.54) is 6.20 Å². The highest BCUT2D eigenvalue weighted by Gasteiger charge is 2.12. The highest BCUT2D eigenvalue weighted by molar-refractivity contribution is 6.10. The van der Waals surface area contributed by atoms with Crippen molar-refractivity contribution in [3.63, 3.8) is 0 Å². The van der Waals surface area contributed by atoms with Crippen molar-refractivity contribution in [3.05, 3.63) is 42.4 Å². The minimum absolute atomic E-state index is 0.0155. The van der Waals surface area contributed by atoms with Crippen molar-refractivity contribution in [1.82, 2.24) is 0 Å². The Bertz CT molecular complexity index is 565. The Balaban J connectivity index is 3.14. The molecule has 1 aromatic rings. The lowest BCUT2D eigenvalue weighted by Crippen LogP contribution is -2.26. The fourth-order valence-corrected chi connectivity index (χ4v) is 1.81. The summed E-state index contributed by atoms with van der Waals surface area (Å²) in [5, 5.41) is 6.64. The Morgan fingerprint density at radius 2 is 1.95 bits per heavy atom. The van der Waals surface area contributed by atoms with Crippen molar-refractivity contribution >= 4 is 23.2 Å². The second kappa shape index (κ2) is 6.83. The molecule has 5 heteroatoms. The first-order chi connectivity index (χ1) is 9.76. The molecule has 1 rings (SSSR count). The first kappa shape index (κ1) is 16.6. The number of aliphatic imine (C=N–C) groups is 1. The number of benzene rings is 1. The monoisotopic (exact) mass is 287 g/mol. The van der Waals surface area contributed by atoms with Gasteiger partial charge in [0.1, 0.15) is 5.82 Å². The van der Waals surface area contributed by atoms with Gasteiger partial charge in [0.25, 0.3) is 0 Å². The summed E-state index contributed by atoms with van der Waals surface area (Å²) in [7, 11) is 1.88. The average molecular weight is 287 g/mol. The standard InChI is InChI=1S/C16H25N5/c1-11(18)20-10-13(9-17)12-6-7-14(15(8-12)19-5)21-16(2,3)4/h6-10,19,21H,1,17-18H2,2-5H3/b13-9+,20-10-. The van der Waals surface area contributed by atoms with Crippen molar-refractivity contribution in [2.75, 3.05) is 17.7 Å². The first-order valence-electron chi connectivity index (χ1n) is 6.77. The molecule has 5 nitrogen and oxygen atoms in total. The Kier molecular flexibility index (Phi) is 5.41. The van der Waals surface area contributed by atoms with E-state index in [-0.39, 0.29) is 11.4 Å². The van der Waals surface area contributed by atoms with Gasteiger partial charge in [0.05, 0.1) is 11.4 Å². The molecule has 21 heavy (non-hydrogen) atoms. The highest BCUT2D eigenvalue weighted by atomic mass is 15.0. The molecule has 0 unspecified atom stereocenters. The van der Waals surface area contributed by atoms with Gasteiger partial charge in [0.15, 0.2) is 0 Å². The van der Waals surface area contributed by atoms with Crippen LogP contribution in [0.15, 0.2) is 41.8 Å². The lowest BCUT2D eigenvalue weighted by molar-refractivity contribution is 0.634. The van der Waals surface area contributed by atoms with Gasteiger partial charge in [-0.15, -0.1) is 0 Å². The summed E-state index contributed by atoms with van der Waals surface area (Å²) in [5.74, 6) is 0.245. The molecule has 0 aliphatic rings. The second-order valence-electron chi connectivity index (χ2n) is 5.76. The van der Waals surface area contributed by atoms with Crippen LogP contribution in [0.1, 0.15) is 26.3 Å². The largest absolute Gasteiger partial charge is 0.404 e. The van der Waals surface area contributed by atoms with E-state index >= 15 is 0 Å². The predicted molar refractivity (Wildman–Crippen MR) is 93.3 cm³/mol. The van der Waals surface area contributed by atoms with Crippen LogP contribution in [0, 0.1) is 0 Å². The second-order valence-corrected chi connectivity index (χ2v) is 5.76. The number of nitrogens with one attached hydrogen (secondary N) is 2. The third-order valence-corrected chi connectivity index (χ3v) is 2.68. The van der Waals surface area contributed by atoms with Gasteiger partial charge in [0.2, 0.25) is 0 Å². The molecular weight excluding hydrogens is 262 g/mol. The Morgan fingerprint density at radius 3 is 2.43 bits per heavy atom. The molecule has 0 fully saturated rings. The van der Waals surface area contributed by atoms with Crippen molar-refractivity contribution in [2.24, 2.45) is 16.5 Å². The van der Waals surface area contributed by atoms with Gasteiger partial charge in [-0.25, -0.2) is 4.99 Å². The van der Waals surface area contributed by atoms with E-state index in [1.807, 2.05) is 25.2 Å². The zero-order chi connectivity index (χ0) is 16.0. The van der Waals surface area contributed by atoms with E-state index in [0.29, 0.717) is 0 Å². The smallest absolute Gasteiger partial charge is 0.116 e. The summed E-state index contributed by atoms with van der Waals surface area (Å²) in [5.41, 5.74) is 14.8. The van der Waals surface area contributed by atoms with Crippen LogP contribution in [0.4, 0.5) is 11.4 Å². The number of rotatable bonds is 5. The maximum atomic E-state index is 5.66. The molecule has 0 radical (unpaired) electrons. The Hall–Kier alpha value is -2.43. The van der Waals surface area contributed by atoms with Crippen LogP contribution in [-0.2, 0) is 0 Å². The summed E-state index contributed by atoms with van der Waals surface area (Å²) in [6.07, 6.45) is 3.10. The maximum absolute atomic E-state index is 5.66. The van der Waals surface area contributed by atoms with Crippen molar-refractivity contribution in [3.8, 4) is 0 Å². The third-order valence-electron chi connectivity index (χ3n) is 2.68. The van der Waals surface area contributed by atoms with Gasteiger partial charge in [-0.1, -0.05) is 12.6 Å². The number of anilines is 2. The topological polar surface area (TPSA) is 88.5 Å². The third kappa shape index (κ3) is 5.22. The summed E-state index contributed by atoms with van der Waals surface area (Å²) >= 11 is 0. The van der Waals surface area contributed by atoms with Crippen molar-refractivity contribution in [2.45, 2.75) is 26.3 Å². The van der Waals surface area contributed by atoms with E-state index < -0.39 is 0 Å². The SMILES string of the molecule is C=C(N)/N=C\C(=C/N)c1ccc(NC(C)(C)C)c(NC)c1. The average Bonchev–Trinajstić information content (AvgIpc) is 2.38. The number of nitrogens with zero attached hydrogens (tertiary/aromatic N) is 1. The number of allylic oxidation sites excluding steroid dienone is 1. The predicted octanol–water partition coefficient (Wildman–Crippen LogP) is 2.74. The molecule has 0 spiro atoms. The Labute approximate surface area is 126 Å². The lowest BCUT2D eigenvalue weighted by atomic mass is 10.0. The normalized spacial score (nSPS) is 12.5. The molecule has 0 aromatic heterocycles.